The topological polar surface area (TPSA) is 72.4 Å². The molecule has 1 aromatic heterocycles. The second-order valence-electron chi connectivity index (χ2n) is 4.52. The number of aromatic nitrogens is 2. The van der Waals surface area contributed by atoms with E-state index in [9.17, 15) is 8.42 Å². The first-order valence-electron chi connectivity index (χ1n) is 5.92. The lowest BCUT2D eigenvalue weighted by Gasteiger charge is -2.19. The highest BCUT2D eigenvalue weighted by Gasteiger charge is 2.34. The van der Waals surface area contributed by atoms with E-state index in [0.717, 1.165) is 0 Å². The van der Waals surface area contributed by atoms with Gasteiger partial charge >= 0.3 is 0 Å². The minimum atomic E-state index is -3.18. The third-order valence-corrected chi connectivity index (χ3v) is 5.13. The van der Waals surface area contributed by atoms with Crippen molar-refractivity contribution in [3.8, 4) is 5.88 Å². The maximum absolute atomic E-state index is 12.0. The van der Waals surface area contributed by atoms with Gasteiger partial charge in [0.15, 0.2) is 0 Å². The van der Waals surface area contributed by atoms with Crippen LogP contribution in [0.25, 0.3) is 0 Å². The molecule has 0 aliphatic carbocycles. The van der Waals surface area contributed by atoms with Crippen LogP contribution >= 0.6 is 0 Å². The normalized spacial score (nSPS) is 21.4. The summed E-state index contributed by atoms with van der Waals surface area (Å²) >= 11 is 0. The first-order chi connectivity index (χ1) is 8.50. The summed E-state index contributed by atoms with van der Waals surface area (Å²) in [6, 6.07) is 0. The fraction of sp³-hybridized carbons (Fsp3) is 0.636. The Bertz CT molecular complexity index is 490. The van der Waals surface area contributed by atoms with Crippen LogP contribution in [0.3, 0.4) is 0 Å². The SMILES string of the molecule is CC(C)S(=O)(=O)N1CCC(Oc2cnccn2)C1. The molecule has 0 N–H and O–H groups in total. The summed E-state index contributed by atoms with van der Waals surface area (Å²) in [5, 5.41) is -0.396. The highest BCUT2D eigenvalue weighted by atomic mass is 32.2. The molecule has 0 aromatic carbocycles. The Morgan fingerprint density at radius 2 is 2.22 bits per heavy atom. The fourth-order valence-electron chi connectivity index (χ4n) is 1.84. The molecule has 1 aromatic rings. The minimum absolute atomic E-state index is 0.143. The van der Waals surface area contributed by atoms with Gasteiger partial charge in [-0.05, 0) is 20.3 Å². The maximum Gasteiger partial charge on any atom is 0.232 e. The Kier molecular flexibility index (Phi) is 3.82. The molecule has 0 spiro atoms. The molecule has 0 saturated carbocycles. The smallest absolute Gasteiger partial charge is 0.232 e. The highest BCUT2D eigenvalue weighted by molar-refractivity contribution is 7.89. The van der Waals surface area contributed by atoms with E-state index in [4.69, 9.17) is 4.74 Å². The first kappa shape index (κ1) is 13.2. The summed E-state index contributed by atoms with van der Waals surface area (Å²) < 4.78 is 31.0. The Hall–Kier alpha value is -1.21. The van der Waals surface area contributed by atoms with E-state index in [2.05, 4.69) is 9.97 Å². The van der Waals surface area contributed by atoms with Crippen LogP contribution in [-0.2, 0) is 10.0 Å². The maximum atomic E-state index is 12.0. The van der Waals surface area contributed by atoms with Gasteiger partial charge in [-0.25, -0.2) is 13.4 Å². The van der Waals surface area contributed by atoms with Crippen LogP contribution in [0, 0.1) is 0 Å². The zero-order valence-corrected chi connectivity index (χ0v) is 11.3. The first-order valence-corrected chi connectivity index (χ1v) is 7.42. The quantitative estimate of drug-likeness (QED) is 0.804. The number of ether oxygens (including phenoxy) is 1. The van der Waals surface area contributed by atoms with Crippen molar-refractivity contribution in [2.75, 3.05) is 13.1 Å². The molecule has 0 amide bonds. The lowest BCUT2D eigenvalue weighted by Crippen LogP contribution is -2.35. The van der Waals surface area contributed by atoms with Gasteiger partial charge in [0.25, 0.3) is 0 Å². The second-order valence-corrected chi connectivity index (χ2v) is 7.01. The Balaban J connectivity index is 1.97. The number of sulfonamides is 1. The monoisotopic (exact) mass is 271 g/mol. The Labute approximate surface area is 107 Å². The predicted octanol–water partition coefficient (Wildman–Crippen LogP) is 0.668. The van der Waals surface area contributed by atoms with Crippen LogP contribution in [0.15, 0.2) is 18.6 Å². The molecule has 1 atom stereocenters. The molecule has 18 heavy (non-hydrogen) atoms. The van der Waals surface area contributed by atoms with Crippen LogP contribution in [0.1, 0.15) is 20.3 Å². The molecular formula is C11H17N3O3S. The molecule has 1 saturated heterocycles. The van der Waals surface area contributed by atoms with Gasteiger partial charge in [-0.3, -0.25) is 4.98 Å². The van der Waals surface area contributed by atoms with Crippen LogP contribution in [0.2, 0.25) is 0 Å². The largest absolute Gasteiger partial charge is 0.472 e. The molecule has 1 aliphatic rings. The van der Waals surface area contributed by atoms with Crippen LogP contribution < -0.4 is 4.74 Å². The Morgan fingerprint density at radius 3 is 2.83 bits per heavy atom. The fourth-order valence-corrected chi connectivity index (χ4v) is 3.17. The van der Waals surface area contributed by atoms with Gasteiger partial charge in [-0.2, -0.15) is 4.31 Å². The van der Waals surface area contributed by atoms with Gasteiger partial charge in [0, 0.05) is 18.9 Å². The summed E-state index contributed by atoms with van der Waals surface area (Å²) in [6.45, 7) is 4.26. The van der Waals surface area contributed by atoms with E-state index < -0.39 is 15.3 Å². The highest BCUT2D eigenvalue weighted by Crippen LogP contribution is 2.20. The molecule has 1 fully saturated rings. The van der Waals surface area contributed by atoms with Crippen LogP contribution in [0.4, 0.5) is 0 Å². The Morgan fingerprint density at radius 1 is 1.44 bits per heavy atom. The van der Waals surface area contributed by atoms with Gasteiger partial charge in [0.2, 0.25) is 15.9 Å². The summed E-state index contributed by atoms with van der Waals surface area (Å²) in [5.41, 5.74) is 0. The van der Waals surface area contributed by atoms with Crippen molar-refractivity contribution in [1.29, 1.82) is 0 Å². The zero-order chi connectivity index (χ0) is 13.2. The second kappa shape index (κ2) is 5.19. The van der Waals surface area contributed by atoms with Crippen molar-refractivity contribution in [2.24, 2.45) is 0 Å². The van der Waals surface area contributed by atoms with Gasteiger partial charge in [0.05, 0.1) is 18.0 Å². The van der Waals surface area contributed by atoms with E-state index in [1.54, 1.807) is 26.2 Å². The van der Waals surface area contributed by atoms with E-state index in [1.807, 2.05) is 0 Å². The number of hydrogen-bond acceptors (Lipinski definition) is 5. The molecular weight excluding hydrogens is 254 g/mol. The summed E-state index contributed by atoms with van der Waals surface area (Å²) in [4.78, 5) is 7.92. The van der Waals surface area contributed by atoms with E-state index in [0.29, 0.717) is 25.4 Å². The molecule has 0 bridgehead atoms. The van der Waals surface area contributed by atoms with Crippen molar-refractivity contribution < 1.29 is 13.2 Å². The number of hydrogen-bond donors (Lipinski definition) is 0. The summed E-state index contributed by atoms with van der Waals surface area (Å²) in [6.07, 6.45) is 5.18. The van der Waals surface area contributed by atoms with E-state index >= 15 is 0 Å². The van der Waals surface area contributed by atoms with Crippen LogP contribution in [-0.4, -0.2) is 47.1 Å². The molecule has 2 heterocycles. The molecule has 1 aliphatic heterocycles. The average molecular weight is 271 g/mol. The van der Waals surface area contributed by atoms with Crippen molar-refractivity contribution >= 4 is 10.0 Å². The lowest BCUT2D eigenvalue weighted by atomic mass is 10.3. The standard InChI is InChI=1S/C11H17N3O3S/c1-9(2)18(15,16)14-6-3-10(8-14)17-11-7-12-4-5-13-11/h4-5,7,9-10H,3,6,8H2,1-2H3. The predicted molar refractivity (Wildman–Crippen MR) is 66.7 cm³/mol. The third kappa shape index (κ3) is 2.78. The van der Waals surface area contributed by atoms with Crippen LogP contribution in [0.5, 0.6) is 5.88 Å². The van der Waals surface area contributed by atoms with Gasteiger partial charge < -0.3 is 4.74 Å². The number of rotatable bonds is 4. The number of nitrogens with zero attached hydrogens (tertiary/aromatic N) is 3. The van der Waals surface area contributed by atoms with Crippen molar-refractivity contribution in [1.82, 2.24) is 14.3 Å². The van der Waals surface area contributed by atoms with Gasteiger partial charge in [0.1, 0.15) is 6.10 Å². The molecule has 0 radical (unpaired) electrons. The third-order valence-electron chi connectivity index (χ3n) is 2.89. The molecule has 1 unspecified atom stereocenters. The van der Waals surface area contributed by atoms with Gasteiger partial charge in [-0.15, -0.1) is 0 Å². The van der Waals surface area contributed by atoms with Crippen molar-refractivity contribution in [2.45, 2.75) is 31.6 Å². The van der Waals surface area contributed by atoms with Gasteiger partial charge in [-0.1, -0.05) is 0 Å². The zero-order valence-electron chi connectivity index (χ0n) is 10.5. The lowest BCUT2D eigenvalue weighted by molar-refractivity contribution is 0.206. The molecule has 2 rings (SSSR count). The molecule has 6 nitrogen and oxygen atoms in total. The molecule has 7 heteroatoms. The van der Waals surface area contributed by atoms with Crippen molar-refractivity contribution in [3.05, 3.63) is 18.6 Å². The summed E-state index contributed by atoms with van der Waals surface area (Å²) in [7, 11) is -3.18. The minimum Gasteiger partial charge on any atom is -0.472 e. The van der Waals surface area contributed by atoms with Crippen molar-refractivity contribution in [3.63, 3.8) is 0 Å². The molecule has 100 valence electrons. The van der Waals surface area contributed by atoms with E-state index in [-0.39, 0.29) is 6.10 Å². The summed E-state index contributed by atoms with van der Waals surface area (Å²) in [5.74, 6) is 0.436. The van der Waals surface area contributed by atoms with E-state index in [1.165, 1.54) is 10.5 Å². The average Bonchev–Trinajstić information content (AvgIpc) is 2.79.